The molecule has 0 unspecified atom stereocenters. The molecule has 1 rings (SSSR count). The van der Waals surface area contributed by atoms with Gasteiger partial charge in [0.2, 0.25) is 5.91 Å². The topological polar surface area (TPSA) is 109 Å². The van der Waals surface area contributed by atoms with Gasteiger partial charge in [-0.25, -0.2) is 9.79 Å². The van der Waals surface area contributed by atoms with Gasteiger partial charge in [-0.05, 0) is 20.8 Å². The van der Waals surface area contributed by atoms with E-state index in [2.05, 4.69) is 10.3 Å². The number of carbonyl (C=O) groups excluding carboxylic acids is 2. The first-order chi connectivity index (χ1) is 11.2. The minimum atomic E-state index is -0.509. The second-order valence-electron chi connectivity index (χ2n) is 6.47. The van der Waals surface area contributed by atoms with Gasteiger partial charge < -0.3 is 30.3 Å². The number of rotatable bonds is 5. The van der Waals surface area contributed by atoms with Gasteiger partial charge in [0.25, 0.3) is 0 Å². The van der Waals surface area contributed by atoms with Crippen LogP contribution in [-0.2, 0) is 14.3 Å². The number of methoxy groups -OCH3 is 1. The predicted octanol–water partition coefficient (Wildman–Crippen LogP) is -0.384. The van der Waals surface area contributed by atoms with Crippen molar-refractivity contribution < 1.29 is 19.1 Å². The molecule has 3 N–H and O–H groups in total. The van der Waals surface area contributed by atoms with Crippen LogP contribution in [0.1, 0.15) is 20.8 Å². The number of nitrogens with two attached hydrogens (primary N) is 1. The average molecular weight is 343 g/mol. The molecule has 9 heteroatoms. The van der Waals surface area contributed by atoms with E-state index < -0.39 is 5.60 Å². The smallest absolute Gasteiger partial charge is 0.410 e. The quantitative estimate of drug-likeness (QED) is 0.400. The molecule has 0 aromatic heterocycles. The number of amides is 2. The van der Waals surface area contributed by atoms with Crippen LogP contribution in [0.15, 0.2) is 4.99 Å². The van der Waals surface area contributed by atoms with Crippen molar-refractivity contribution in [3.8, 4) is 0 Å². The Morgan fingerprint density at radius 3 is 2.29 bits per heavy atom. The first-order valence-corrected chi connectivity index (χ1v) is 8.01. The maximum absolute atomic E-state index is 12.0. The Bertz CT molecular complexity index is 453. The number of carbonyl (C=O) groups is 2. The van der Waals surface area contributed by atoms with E-state index in [0.29, 0.717) is 45.3 Å². The molecule has 1 fully saturated rings. The lowest BCUT2D eigenvalue weighted by atomic mass is 10.2. The second kappa shape index (κ2) is 9.31. The molecule has 0 saturated carbocycles. The number of nitrogens with one attached hydrogen (secondary N) is 1. The van der Waals surface area contributed by atoms with Crippen LogP contribution in [0.4, 0.5) is 4.79 Å². The van der Waals surface area contributed by atoms with Gasteiger partial charge in [-0.15, -0.1) is 0 Å². The summed E-state index contributed by atoms with van der Waals surface area (Å²) < 4.78 is 10.2. The number of hydrogen-bond acceptors (Lipinski definition) is 5. The second-order valence-corrected chi connectivity index (χ2v) is 6.47. The third-order valence-corrected chi connectivity index (χ3v) is 3.27. The van der Waals surface area contributed by atoms with Crippen LogP contribution >= 0.6 is 0 Å². The molecule has 1 heterocycles. The molecular weight excluding hydrogens is 314 g/mol. The average Bonchev–Trinajstić information content (AvgIpc) is 2.51. The van der Waals surface area contributed by atoms with Crippen molar-refractivity contribution in [1.82, 2.24) is 15.1 Å². The Balaban J connectivity index is 2.37. The maximum Gasteiger partial charge on any atom is 0.410 e. The number of guanidine groups is 1. The zero-order valence-corrected chi connectivity index (χ0v) is 15.0. The molecule has 0 aromatic rings. The molecule has 1 aliphatic heterocycles. The van der Waals surface area contributed by atoms with Gasteiger partial charge in [-0.1, -0.05) is 0 Å². The van der Waals surface area contributed by atoms with Gasteiger partial charge >= 0.3 is 6.09 Å². The minimum absolute atomic E-state index is 0.0260. The van der Waals surface area contributed by atoms with Crippen molar-refractivity contribution in [1.29, 1.82) is 0 Å². The summed E-state index contributed by atoms with van der Waals surface area (Å²) >= 11 is 0. The van der Waals surface area contributed by atoms with E-state index in [9.17, 15) is 9.59 Å². The predicted molar refractivity (Wildman–Crippen MR) is 90.8 cm³/mol. The highest BCUT2D eigenvalue weighted by Gasteiger charge is 2.26. The van der Waals surface area contributed by atoms with E-state index >= 15 is 0 Å². The summed E-state index contributed by atoms with van der Waals surface area (Å²) in [6, 6.07) is 0. The molecular formula is C15H29N5O4. The summed E-state index contributed by atoms with van der Waals surface area (Å²) in [5.74, 6) is 0.100. The van der Waals surface area contributed by atoms with Gasteiger partial charge in [0.05, 0.1) is 6.61 Å². The zero-order chi connectivity index (χ0) is 18.2. The lowest BCUT2D eigenvalue weighted by Crippen LogP contribution is -2.53. The van der Waals surface area contributed by atoms with Crippen molar-refractivity contribution in [2.24, 2.45) is 10.7 Å². The van der Waals surface area contributed by atoms with Gasteiger partial charge in [0.1, 0.15) is 12.1 Å². The Morgan fingerprint density at radius 2 is 1.75 bits per heavy atom. The van der Waals surface area contributed by atoms with Crippen LogP contribution in [-0.4, -0.2) is 86.3 Å². The highest BCUT2D eigenvalue weighted by Crippen LogP contribution is 2.11. The zero-order valence-electron chi connectivity index (χ0n) is 15.0. The van der Waals surface area contributed by atoms with E-state index in [1.165, 1.54) is 0 Å². The van der Waals surface area contributed by atoms with E-state index in [1.807, 2.05) is 25.7 Å². The molecule has 2 amide bonds. The van der Waals surface area contributed by atoms with Gasteiger partial charge in [0.15, 0.2) is 5.96 Å². The fraction of sp³-hybridized carbons (Fsp3) is 0.800. The Hall–Kier alpha value is -2.03. The lowest BCUT2D eigenvalue weighted by Gasteiger charge is -2.36. The summed E-state index contributed by atoms with van der Waals surface area (Å²) in [6.07, 6.45) is -0.324. The molecule has 138 valence electrons. The van der Waals surface area contributed by atoms with E-state index in [4.69, 9.17) is 15.2 Å². The Labute approximate surface area is 143 Å². The number of piperazine rings is 1. The molecule has 0 radical (unpaired) electrons. The van der Waals surface area contributed by atoms with Crippen LogP contribution in [0.25, 0.3) is 0 Å². The van der Waals surface area contributed by atoms with Crippen molar-refractivity contribution in [2.75, 3.05) is 53.0 Å². The van der Waals surface area contributed by atoms with Gasteiger partial charge in [-0.2, -0.15) is 0 Å². The van der Waals surface area contributed by atoms with Crippen LogP contribution in [0.3, 0.4) is 0 Å². The van der Waals surface area contributed by atoms with E-state index in [-0.39, 0.29) is 18.5 Å². The fourth-order valence-corrected chi connectivity index (χ4v) is 2.05. The summed E-state index contributed by atoms with van der Waals surface area (Å²) in [6.45, 7) is 8.51. The Kier molecular flexibility index (Phi) is 7.76. The first kappa shape index (κ1) is 20.0. The molecule has 0 aliphatic carbocycles. The third-order valence-electron chi connectivity index (χ3n) is 3.27. The van der Waals surface area contributed by atoms with Crippen LogP contribution in [0.2, 0.25) is 0 Å². The summed E-state index contributed by atoms with van der Waals surface area (Å²) in [5.41, 5.74) is 5.40. The van der Waals surface area contributed by atoms with Crippen molar-refractivity contribution in [2.45, 2.75) is 26.4 Å². The minimum Gasteiger partial charge on any atom is -0.444 e. The van der Waals surface area contributed by atoms with Crippen molar-refractivity contribution >= 4 is 18.0 Å². The van der Waals surface area contributed by atoms with Crippen molar-refractivity contribution in [3.05, 3.63) is 0 Å². The monoisotopic (exact) mass is 343 g/mol. The standard InChI is InChI=1S/C15H29N5O4/c1-15(2,3)24-14(22)20-8-6-19(7-9-20)13(16)18-11-12(21)17-5-10-23-4/h5-11H2,1-4H3,(H2,16,18)(H,17,21). The summed E-state index contributed by atoms with van der Waals surface area (Å²) in [4.78, 5) is 31.1. The molecule has 1 saturated heterocycles. The van der Waals surface area contributed by atoms with Crippen LogP contribution < -0.4 is 11.1 Å². The van der Waals surface area contributed by atoms with Crippen molar-refractivity contribution in [3.63, 3.8) is 0 Å². The number of aliphatic imine (C=N–C) groups is 1. The highest BCUT2D eigenvalue weighted by molar-refractivity contribution is 5.84. The lowest BCUT2D eigenvalue weighted by molar-refractivity contribution is -0.119. The van der Waals surface area contributed by atoms with Gasteiger partial charge in [0, 0.05) is 39.8 Å². The largest absolute Gasteiger partial charge is 0.444 e. The first-order valence-electron chi connectivity index (χ1n) is 8.01. The SMILES string of the molecule is COCCNC(=O)CN=C(N)N1CCN(C(=O)OC(C)(C)C)CC1. The molecule has 0 aromatic carbocycles. The number of hydrogen-bond donors (Lipinski definition) is 2. The summed E-state index contributed by atoms with van der Waals surface area (Å²) in [5, 5.41) is 2.67. The van der Waals surface area contributed by atoms with E-state index in [0.717, 1.165) is 0 Å². The Morgan fingerprint density at radius 1 is 1.17 bits per heavy atom. The fourth-order valence-electron chi connectivity index (χ4n) is 2.05. The van der Waals surface area contributed by atoms with Crippen LogP contribution in [0.5, 0.6) is 0 Å². The van der Waals surface area contributed by atoms with Crippen LogP contribution in [0, 0.1) is 0 Å². The third kappa shape index (κ3) is 7.49. The number of nitrogens with zero attached hydrogens (tertiary/aromatic N) is 3. The molecule has 0 atom stereocenters. The number of ether oxygens (including phenoxy) is 2. The molecule has 9 nitrogen and oxygen atoms in total. The summed E-state index contributed by atoms with van der Waals surface area (Å²) in [7, 11) is 1.57. The maximum atomic E-state index is 12.0. The highest BCUT2D eigenvalue weighted by atomic mass is 16.6. The van der Waals surface area contributed by atoms with Gasteiger partial charge in [-0.3, -0.25) is 4.79 Å². The molecule has 0 spiro atoms. The molecule has 24 heavy (non-hydrogen) atoms. The molecule has 1 aliphatic rings. The molecule has 0 bridgehead atoms. The normalized spacial score (nSPS) is 16.1. The van der Waals surface area contributed by atoms with E-state index in [1.54, 1.807) is 12.0 Å².